The van der Waals surface area contributed by atoms with Crippen LogP contribution in [0.5, 0.6) is 0 Å². The second-order valence-electron chi connectivity index (χ2n) is 4.71. The summed E-state index contributed by atoms with van der Waals surface area (Å²) in [5, 5.41) is 10.1. The van der Waals surface area contributed by atoms with E-state index in [1.807, 2.05) is 0 Å². The minimum atomic E-state index is -1.18. The highest BCUT2D eigenvalue weighted by molar-refractivity contribution is 5.70. The van der Waals surface area contributed by atoms with Crippen LogP contribution in [-0.2, 0) is 19.0 Å². The van der Waals surface area contributed by atoms with Crippen LogP contribution in [0.15, 0.2) is 0 Å². The van der Waals surface area contributed by atoms with E-state index >= 15 is 0 Å². The molecule has 0 spiro atoms. The molecule has 0 aromatic rings. The number of methoxy groups -OCH3 is 2. The van der Waals surface area contributed by atoms with E-state index in [-0.39, 0.29) is 18.8 Å². The summed E-state index contributed by atoms with van der Waals surface area (Å²) in [6, 6.07) is 0. The number of hydrogen-bond acceptors (Lipinski definition) is 5. The average Bonchev–Trinajstić information content (AvgIpc) is 2.31. The van der Waals surface area contributed by atoms with E-state index in [0.717, 1.165) is 19.3 Å². The first-order valence-electron chi connectivity index (χ1n) is 6.38. The smallest absolute Gasteiger partial charge is 0.308 e. The maximum atomic E-state index is 11.5. The molecule has 0 aromatic carbocycles. The Morgan fingerprint density at radius 1 is 1.28 bits per heavy atom. The Bertz CT molecular complexity index is 223. The molecule has 108 valence electrons. The number of esters is 1. The molecule has 0 radical (unpaired) electrons. The summed E-state index contributed by atoms with van der Waals surface area (Å²) >= 11 is 0. The van der Waals surface area contributed by atoms with Gasteiger partial charge in [-0.1, -0.05) is 19.8 Å². The number of ether oxygens (including phenoxy) is 3. The molecule has 0 amide bonds. The van der Waals surface area contributed by atoms with Crippen molar-refractivity contribution in [1.82, 2.24) is 0 Å². The van der Waals surface area contributed by atoms with E-state index in [1.54, 1.807) is 6.92 Å². The third kappa shape index (κ3) is 8.44. The predicted molar refractivity (Wildman–Crippen MR) is 68.1 cm³/mol. The molecule has 0 bridgehead atoms. The van der Waals surface area contributed by atoms with E-state index < -0.39 is 11.9 Å². The van der Waals surface area contributed by atoms with Gasteiger partial charge in [0, 0.05) is 20.6 Å². The van der Waals surface area contributed by atoms with Crippen molar-refractivity contribution in [3.8, 4) is 0 Å². The summed E-state index contributed by atoms with van der Waals surface area (Å²) in [5.74, 6) is -0.387. The fraction of sp³-hybridized carbons (Fsp3) is 0.923. The molecular weight excluding hydrogens is 237 g/mol. The summed E-state index contributed by atoms with van der Waals surface area (Å²) in [6.45, 7) is 4.08. The lowest BCUT2D eigenvalue weighted by molar-refractivity contribution is -0.159. The number of aliphatic hydroxyl groups is 1. The molecule has 1 atom stereocenters. The largest absolute Gasteiger partial charge is 0.466 e. The molecule has 1 N–H and O–H groups in total. The maximum Gasteiger partial charge on any atom is 0.308 e. The highest BCUT2D eigenvalue weighted by atomic mass is 16.7. The maximum absolute atomic E-state index is 11.5. The first-order chi connectivity index (χ1) is 8.45. The minimum absolute atomic E-state index is 0.0532. The highest BCUT2D eigenvalue weighted by Crippen LogP contribution is 2.19. The number of hydrogen-bond donors (Lipinski definition) is 1. The molecule has 0 aliphatic rings. The number of carbonyl (C=O) groups excluding carboxylic acids is 1. The van der Waals surface area contributed by atoms with Crippen molar-refractivity contribution < 1.29 is 24.1 Å². The fourth-order valence-electron chi connectivity index (χ4n) is 1.59. The summed E-state index contributed by atoms with van der Waals surface area (Å²) in [6.07, 6.45) is 2.64. The molecular formula is C13H26O5. The van der Waals surface area contributed by atoms with Crippen molar-refractivity contribution in [2.75, 3.05) is 20.8 Å². The standard InChI is InChI=1S/C13H26O5/c1-5-6-7-8-18-11(14)9-13(2,15)10-12(16-3)17-4/h12,15H,5-10H2,1-4H3/i11+1. The average molecular weight is 263 g/mol. The number of rotatable bonds is 10. The van der Waals surface area contributed by atoms with Gasteiger partial charge in [-0.15, -0.1) is 0 Å². The zero-order chi connectivity index (χ0) is 14.0. The zero-order valence-electron chi connectivity index (χ0n) is 11.9. The topological polar surface area (TPSA) is 65.0 Å². The molecule has 0 aliphatic heterocycles. The SMILES string of the molecule is CCCCCO[13C](=O)CC(C)(O)CC(OC)OC. The van der Waals surface area contributed by atoms with Gasteiger partial charge in [0.15, 0.2) is 6.29 Å². The van der Waals surface area contributed by atoms with E-state index in [2.05, 4.69) is 6.92 Å². The fourth-order valence-corrected chi connectivity index (χ4v) is 1.59. The Balaban J connectivity index is 3.95. The van der Waals surface area contributed by atoms with Crippen molar-refractivity contribution in [3.05, 3.63) is 0 Å². The van der Waals surface area contributed by atoms with Crippen LogP contribution >= 0.6 is 0 Å². The van der Waals surface area contributed by atoms with Crippen molar-refractivity contribution in [1.29, 1.82) is 0 Å². The monoisotopic (exact) mass is 263 g/mol. The minimum Gasteiger partial charge on any atom is -0.466 e. The molecule has 0 aliphatic carbocycles. The van der Waals surface area contributed by atoms with Crippen LogP contribution < -0.4 is 0 Å². The van der Waals surface area contributed by atoms with Crippen LogP contribution in [0.25, 0.3) is 0 Å². The first kappa shape index (κ1) is 17.4. The lowest BCUT2D eigenvalue weighted by Crippen LogP contribution is -2.34. The van der Waals surface area contributed by atoms with Gasteiger partial charge in [0.2, 0.25) is 0 Å². The van der Waals surface area contributed by atoms with Gasteiger partial charge in [0.05, 0.1) is 18.6 Å². The van der Waals surface area contributed by atoms with Crippen LogP contribution in [0.2, 0.25) is 0 Å². The first-order valence-corrected chi connectivity index (χ1v) is 6.38. The van der Waals surface area contributed by atoms with Crippen LogP contribution in [0.4, 0.5) is 0 Å². The molecule has 0 fully saturated rings. The summed E-state index contributed by atoms with van der Waals surface area (Å²) in [7, 11) is 2.99. The van der Waals surface area contributed by atoms with Gasteiger partial charge in [0.1, 0.15) is 0 Å². The lowest BCUT2D eigenvalue weighted by Gasteiger charge is -2.26. The zero-order valence-corrected chi connectivity index (χ0v) is 11.9. The lowest BCUT2D eigenvalue weighted by atomic mass is 10.0. The van der Waals surface area contributed by atoms with E-state index in [9.17, 15) is 9.90 Å². The van der Waals surface area contributed by atoms with Crippen LogP contribution in [0.1, 0.15) is 46.0 Å². The molecule has 1 unspecified atom stereocenters. The summed E-state index contributed by atoms with van der Waals surface area (Å²) in [5.41, 5.74) is -1.18. The molecule has 0 rings (SSSR count). The van der Waals surface area contributed by atoms with Crippen molar-refractivity contribution in [3.63, 3.8) is 0 Å². The van der Waals surface area contributed by atoms with Gasteiger partial charge in [-0.3, -0.25) is 4.79 Å². The van der Waals surface area contributed by atoms with Crippen LogP contribution in [0, 0.1) is 0 Å². The normalized spacial score (nSPS) is 14.6. The van der Waals surface area contributed by atoms with Gasteiger partial charge in [-0.2, -0.15) is 0 Å². The second kappa shape index (κ2) is 9.30. The molecule has 5 heteroatoms. The molecule has 18 heavy (non-hydrogen) atoms. The van der Waals surface area contributed by atoms with Gasteiger partial charge in [-0.25, -0.2) is 0 Å². The van der Waals surface area contributed by atoms with Gasteiger partial charge >= 0.3 is 5.97 Å². The van der Waals surface area contributed by atoms with E-state index in [1.165, 1.54) is 14.2 Å². The molecule has 0 saturated heterocycles. The van der Waals surface area contributed by atoms with Gasteiger partial charge in [0.25, 0.3) is 0 Å². The molecule has 5 nitrogen and oxygen atoms in total. The van der Waals surface area contributed by atoms with Crippen molar-refractivity contribution >= 4 is 5.97 Å². The highest BCUT2D eigenvalue weighted by Gasteiger charge is 2.29. The Morgan fingerprint density at radius 3 is 2.39 bits per heavy atom. The Morgan fingerprint density at radius 2 is 1.89 bits per heavy atom. The van der Waals surface area contributed by atoms with Crippen molar-refractivity contribution in [2.24, 2.45) is 0 Å². The molecule has 0 aromatic heterocycles. The number of carbonyl (C=O) groups is 1. The Kier molecular flexibility index (Phi) is 8.97. The number of unbranched alkanes of at least 4 members (excludes halogenated alkanes) is 2. The van der Waals surface area contributed by atoms with E-state index in [4.69, 9.17) is 14.2 Å². The third-order valence-corrected chi connectivity index (χ3v) is 2.67. The second-order valence-corrected chi connectivity index (χ2v) is 4.71. The Labute approximate surface area is 109 Å². The van der Waals surface area contributed by atoms with Crippen LogP contribution in [0.3, 0.4) is 0 Å². The summed E-state index contributed by atoms with van der Waals surface area (Å²) in [4.78, 5) is 11.5. The third-order valence-electron chi connectivity index (χ3n) is 2.67. The van der Waals surface area contributed by atoms with Crippen molar-refractivity contribution in [2.45, 2.75) is 57.8 Å². The summed E-state index contributed by atoms with van der Waals surface area (Å²) < 4.78 is 15.0. The Hall–Kier alpha value is -0.650. The quantitative estimate of drug-likeness (QED) is 0.282. The molecule has 0 heterocycles. The van der Waals surface area contributed by atoms with E-state index in [0.29, 0.717) is 6.61 Å². The van der Waals surface area contributed by atoms with Crippen LogP contribution in [-0.4, -0.2) is 43.8 Å². The van der Waals surface area contributed by atoms with Gasteiger partial charge in [-0.05, 0) is 13.3 Å². The predicted octanol–water partition coefficient (Wildman–Crippen LogP) is 1.87. The van der Waals surface area contributed by atoms with Gasteiger partial charge < -0.3 is 19.3 Å². The molecule has 0 saturated carbocycles.